The van der Waals surface area contributed by atoms with Crippen molar-refractivity contribution < 1.29 is 5.11 Å². The maximum Gasteiger partial charge on any atom is 0.0464 e. The van der Waals surface area contributed by atoms with E-state index in [1.165, 1.54) is 38.5 Å². The van der Waals surface area contributed by atoms with Crippen LogP contribution in [0.1, 0.15) is 51.9 Å². The molecular formula is C13H24O. The van der Waals surface area contributed by atoms with Crippen molar-refractivity contribution in [3.8, 4) is 0 Å². The molecule has 1 fully saturated rings. The van der Waals surface area contributed by atoms with Crippen molar-refractivity contribution in [1.29, 1.82) is 0 Å². The van der Waals surface area contributed by atoms with Gasteiger partial charge in [0.1, 0.15) is 0 Å². The molecule has 0 unspecified atom stereocenters. The van der Waals surface area contributed by atoms with Gasteiger partial charge in [-0.25, -0.2) is 0 Å². The lowest BCUT2D eigenvalue weighted by atomic mass is 9.92. The van der Waals surface area contributed by atoms with Gasteiger partial charge in [0, 0.05) is 6.61 Å². The molecule has 1 saturated carbocycles. The molecule has 0 aromatic heterocycles. The zero-order chi connectivity index (χ0) is 10.4. The molecule has 2 atom stereocenters. The van der Waals surface area contributed by atoms with Crippen molar-refractivity contribution in [3.63, 3.8) is 0 Å². The van der Waals surface area contributed by atoms with Crippen LogP contribution < -0.4 is 0 Å². The van der Waals surface area contributed by atoms with E-state index in [2.05, 4.69) is 13.5 Å². The van der Waals surface area contributed by atoms with Gasteiger partial charge in [0.25, 0.3) is 0 Å². The first-order chi connectivity index (χ1) is 6.79. The summed E-state index contributed by atoms with van der Waals surface area (Å²) in [6.07, 6.45) is 11.0. The lowest BCUT2D eigenvalue weighted by Gasteiger charge is -2.14. The van der Waals surface area contributed by atoms with Crippen LogP contribution in [-0.4, -0.2) is 11.7 Å². The molecule has 1 nitrogen and oxygen atoms in total. The maximum absolute atomic E-state index is 9.14. The van der Waals surface area contributed by atoms with Gasteiger partial charge in [-0.1, -0.05) is 38.7 Å². The van der Waals surface area contributed by atoms with E-state index in [0.29, 0.717) is 17.9 Å². The first-order valence-electron chi connectivity index (χ1n) is 6.01. The van der Waals surface area contributed by atoms with Crippen molar-refractivity contribution in [2.45, 2.75) is 51.9 Å². The Balaban J connectivity index is 2.21. The van der Waals surface area contributed by atoms with Crippen molar-refractivity contribution in [3.05, 3.63) is 12.7 Å². The molecule has 1 aliphatic carbocycles. The van der Waals surface area contributed by atoms with Crippen LogP contribution in [0, 0.1) is 11.3 Å². The number of hydrogen-bond donors (Lipinski definition) is 1. The summed E-state index contributed by atoms with van der Waals surface area (Å²) in [6.45, 7) is 6.44. The van der Waals surface area contributed by atoms with Crippen LogP contribution in [0.25, 0.3) is 0 Å². The van der Waals surface area contributed by atoms with Gasteiger partial charge in [-0.2, -0.15) is 0 Å². The number of rotatable bonds is 8. The third-order valence-corrected chi connectivity index (χ3v) is 3.66. The summed E-state index contributed by atoms with van der Waals surface area (Å²) >= 11 is 0. The van der Waals surface area contributed by atoms with E-state index in [9.17, 15) is 0 Å². The zero-order valence-electron chi connectivity index (χ0n) is 9.47. The molecule has 1 heteroatoms. The van der Waals surface area contributed by atoms with Crippen LogP contribution in [0.2, 0.25) is 0 Å². The Hall–Kier alpha value is -0.300. The lowest BCUT2D eigenvalue weighted by molar-refractivity contribution is 0.242. The fraction of sp³-hybridized carbons (Fsp3) is 0.846. The van der Waals surface area contributed by atoms with Crippen LogP contribution >= 0.6 is 0 Å². The number of unbranched alkanes of at least 4 members (excludes halogenated alkanes) is 3. The molecule has 0 spiro atoms. The Morgan fingerprint density at radius 3 is 2.71 bits per heavy atom. The highest BCUT2D eigenvalue weighted by Crippen LogP contribution is 2.58. The van der Waals surface area contributed by atoms with Crippen molar-refractivity contribution in [1.82, 2.24) is 0 Å². The molecular weight excluding hydrogens is 172 g/mol. The summed E-state index contributed by atoms with van der Waals surface area (Å²) in [5, 5.41) is 9.14. The molecule has 0 aromatic carbocycles. The zero-order valence-corrected chi connectivity index (χ0v) is 9.47. The van der Waals surface area contributed by atoms with E-state index >= 15 is 0 Å². The second-order valence-electron chi connectivity index (χ2n) is 4.75. The summed E-state index contributed by atoms with van der Waals surface area (Å²) in [5.74, 6) is 0.571. The van der Waals surface area contributed by atoms with Gasteiger partial charge in [-0.15, -0.1) is 6.58 Å². The summed E-state index contributed by atoms with van der Waals surface area (Å²) in [7, 11) is 0. The Labute approximate surface area is 88.2 Å². The monoisotopic (exact) mass is 196 g/mol. The molecule has 0 aromatic rings. The summed E-state index contributed by atoms with van der Waals surface area (Å²) in [4.78, 5) is 0. The van der Waals surface area contributed by atoms with Crippen LogP contribution in [0.15, 0.2) is 12.7 Å². The number of aliphatic hydroxyl groups is 1. The quantitative estimate of drug-likeness (QED) is 0.465. The molecule has 0 radical (unpaired) electrons. The van der Waals surface area contributed by atoms with Crippen molar-refractivity contribution in [2.75, 3.05) is 6.61 Å². The summed E-state index contributed by atoms with van der Waals surface area (Å²) in [5.41, 5.74) is 0.449. The van der Waals surface area contributed by atoms with Crippen LogP contribution in [0.5, 0.6) is 0 Å². The van der Waals surface area contributed by atoms with Crippen LogP contribution in [0.3, 0.4) is 0 Å². The smallest absolute Gasteiger partial charge is 0.0464 e. The van der Waals surface area contributed by atoms with Crippen LogP contribution in [-0.2, 0) is 0 Å². The molecule has 0 amide bonds. The molecule has 0 aliphatic heterocycles. The second-order valence-corrected chi connectivity index (χ2v) is 4.75. The van der Waals surface area contributed by atoms with E-state index in [1.807, 2.05) is 6.08 Å². The normalized spacial score (nSPS) is 30.3. The average molecular weight is 196 g/mol. The fourth-order valence-electron chi connectivity index (χ4n) is 2.54. The van der Waals surface area contributed by atoms with Crippen molar-refractivity contribution in [2.24, 2.45) is 11.3 Å². The highest BCUT2D eigenvalue weighted by molar-refractivity contribution is 5.04. The summed E-state index contributed by atoms with van der Waals surface area (Å²) < 4.78 is 0. The molecule has 1 aliphatic rings. The number of allylic oxidation sites excluding steroid dienone is 1. The Morgan fingerprint density at radius 1 is 1.43 bits per heavy atom. The molecule has 0 bridgehead atoms. The summed E-state index contributed by atoms with van der Waals surface area (Å²) in [6, 6.07) is 0. The number of hydrogen-bond acceptors (Lipinski definition) is 1. The minimum absolute atomic E-state index is 0.377. The van der Waals surface area contributed by atoms with Gasteiger partial charge in [-0.05, 0) is 30.6 Å². The van der Waals surface area contributed by atoms with E-state index in [1.54, 1.807) is 0 Å². The third kappa shape index (κ3) is 2.84. The predicted octanol–water partition coefficient (Wildman–Crippen LogP) is 3.53. The van der Waals surface area contributed by atoms with Gasteiger partial charge in [0.15, 0.2) is 0 Å². The molecule has 0 heterocycles. The molecule has 0 saturated heterocycles. The molecule has 14 heavy (non-hydrogen) atoms. The van der Waals surface area contributed by atoms with Crippen LogP contribution in [0.4, 0.5) is 0 Å². The largest absolute Gasteiger partial charge is 0.396 e. The van der Waals surface area contributed by atoms with Gasteiger partial charge >= 0.3 is 0 Å². The lowest BCUT2D eigenvalue weighted by Crippen LogP contribution is -2.05. The van der Waals surface area contributed by atoms with E-state index < -0.39 is 0 Å². The van der Waals surface area contributed by atoms with Gasteiger partial charge in [0.2, 0.25) is 0 Å². The van der Waals surface area contributed by atoms with Crippen molar-refractivity contribution >= 4 is 0 Å². The predicted molar refractivity (Wildman–Crippen MR) is 61.2 cm³/mol. The standard InChI is InChI=1S/C13H24O/c1-3-5-6-7-9-13(8-4-2)10-12(13)11-14/h4,12,14H,2-3,5-11H2,1H3/t12-,13+/m0/s1. The highest BCUT2D eigenvalue weighted by atomic mass is 16.3. The Kier molecular flexibility index (Phi) is 4.67. The van der Waals surface area contributed by atoms with E-state index in [4.69, 9.17) is 5.11 Å². The second kappa shape index (κ2) is 5.55. The highest BCUT2D eigenvalue weighted by Gasteiger charge is 2.51. The van der Waals surface area contributed by atoms with E-state index in [0.717, 1.165) is 6.42 Å². The molecule has 1 rings (SSSR count). The van der Waals surface area contributed by atoms with Gasteiger partial charge < -0.3 is 5.11 Å². The van der Waals surface area contributed by atoms with Gasteiger partial charge in [-0.3, -0.25) is 0 Å². The van der Waals surface area contributed by atoms with Gasteiger partial charge in [0.05, 0.1) is 0 Å². The average Bonchev–Trinajstić information content (AvgIpc) is 2.88. The molecule has 1 N–H and O–H groups in total. The fourth-order valence-corrected chi connectivity index (χ4v) is 2.54. The Bertz CT molecular complexity index is 176. The maximum atomic E-state index is 9.14. The number of aliphatic hydroxyl groups excluding tert-OH is 1. The minimum Gasteiger partial charge on any atom is -0.396 e. The Morgan fingerprint density at radius 2 is 2.21 bits per heavy atom. The first-order valence-corrected chi connectivity index (χ1v) is 6.01. The topological polar surface area (TPSA) is 20.2 Å². The minimum atomic E-state index is 0.377. The SMILES string of the molecule is C=CC[C@@]1(CCCCCC)C[C@H]1CO. The third-order valence-electron chi connectivity index (χ3n) is 3.66. The first kappa shape index (κ1) is 11.8. The van der Waals surface area contributed by atoms with E-state index in [-0.39, 0.29) is 0 Å². The molecule has 82 valence electrons.